The highest BCUT2D eigenvalue weighted by Gasteiger charge is 2.16. The molecule has 106 valence electrons. The van der Waals surface area contributed by atoms with Gasteiger partial charge >= 0.3 is 0 Å². The van der Waals surface area contributed by atoms with E-state index in [-0.39, 0.29) is 5.82 Å². The fourth-order valence-corrected chi connectivity index (χ4v) is 2.32. The number of rotatable bonds is 4. The van der Waals surface area contributed by atoms with E-state index >= 15 is 0 Å². The highest BCUT2D eigenvalue weighted by molar-refractivity contribution is 5.55. The summed E-state index contributed by atoms with van der Waals surface area (Å²) in [6, 6.07) is 13.0. The molecule has 0 aliphatic heterocycles. The van der Waals surface area contributed by atoms with Gasteiger partial charge in [-0.2, -0.15) is 0 Å². The molecule has 0 heterocycles. The minimum absolute atomic E-state index is 0.307. The number of benzene rings is 2. The normalized spacial score (nSPS) is 12.2. The molecule has 3 heteroatoms. The lowest BCUT2D eigenvalue weighted by Crippen LogP contribution is -2.20. The first-order chi connectivity index (χ1) is 9.49. The van der Waals surface area contributed by atoms with Crippen LogP contribution in [0.1, 0.15) is 29.7 Å². The van der Waals surface area contributed by atoms with Crippen molar-refractivity contribution in [2.45, 2.75) is 26.5 Å². The van der Waals surface area contributed by atoms with Crippen LogP contribution in [0.15, 0.2) is 42.5 Å². The summed E-state index contributed by atoms with van der Waals surface area (Å²) < 4.78 is 14.1. The SMILES string of the molecule is Cc1ccc(CN(C)c2c(F)cccc2[C@@H](C)O)cc1. The third kappa shape index (κ3) is 3.17. The lowest BCUT2D eigenvalue weighted by atomic mass is 10.1. The average molecular weight is 273 g/mol. The zero-order valence-corrected chi connectivity index (χ0v) is 12.1. The number of halogens is 1. The Morgan fingerprint density at radius 1 is 1.15 bits per heavy atom. The summed E-state index contributed by atoms with van der Waals surface area (Å²) in [6.45, 7) is 4.29. The third-order valence-electron chi connectivity index (χ3n) is 3.39. The van der Waals surface area contributed by atoms with E-state index in [0.717, 1.165) is 5.56 Å². The van der Waals surface area contributed by atoms with Gasteiger partial charge in [-0.15, -0.1) is 0 Å². The first-order valence-electron chi connectivity index (χ1n) is 6.72. The van der Waals surface area contributed by atoms with Gasteiger partial charge in [0.05, 0.1) is 11.8 Å². The van der Waals surface area contributed by atoms with Gasteiger partial charge in [0.2, 0.25) is 0 Å². The predicted molar refractivity (Wildman–Crippen MR) is 80.3 cm³/mol. The summed E-state index contributed by atoms with van der Waals surface area (Å²) in [5, 5.41) is 9.79. The second-order valence-corrected chi connectivity index (χ2v) is 5.20. The Bertz CT molecular complexity index is 578. The number of aliphatic hydroxyl groups excluding tert-OH is 1. The average Bonchev–Trinajstić information content (AvgIpc) is 2.40. The van der Waals surface area contributed by atoms with Crippen molar-refractivity contribution in [3.05, 3.63) is 65.0 Å². The van der Waals surface area contributed by atoms with Crippen molar-refractivity contribution in [3.63, 3.8) is 0 Å². The van der Waals surface area contributed by atoms with Crippen LogP contribution in [0.5, 0.6) is 0 Å². The second-order valence-electron chi connectivity index (χ2n) is 5.20. The summed E-state index contributed by atoms with van der Waals surface area (Å²) in [5.41, 5.74) is 3.38. The Morgan fingerprint density at radius 3 is 2.40 bits per heavy atom. The zero-order valence-electron chi connectivity index (χ0n) is 12.1. The molecular weight excluding hydrogens is 253 g/mol. The van der Waals surface area contributed by atoms with Crippen LogP contribution in [0.25, 0.3) is 0 Å². The van der Waals surface area contributed by atoms with Crippen LogP contribution >= 0.6 is 0 Å². The van der Waals surface area contributed by atoms with Crippen LogP contribution in [0.3, 0.4) is 0 Å². The molecule has 0 radical (unpaired) electrons. The molecule has 0 aromatic heterocycles. The van der Waals surface area contributed by atoms with Crippen molar-refractivity contribution < 1.29 is 9.50 Å². The highest BCUT2D eigenvalue weighted by atomic mass is 19.1. The summed E-state index contributed by atoms with van der Waals surface area (Å²) in [4.78, 5) is 1.84. The van der Waals surface area contributed by atoms with Gasteiger partial charge in [-0.05, 0) is 25.5 Å². The van der Waals surface area contributed by atoms with Gasteiger partial charge in [0.25, 0.3) is 0 Å². The van der Waals surface area contributed by atoms with Crippen molar-refractivity contribution in [2.24, 2.45) is 0 Å². The molecule has 2 aromatic carbocycles. The maximum absolute atomic E-state index is 14.1. The molecule has 0 saturated carbocycles. The molecular formula is C17H20FNO. The minimum Gasteiger partial charge on any atom is -0.389 e. The molecule has 1 N–H and O–H groups in total. The number of anilines is 1. The van der Waals surface area contributed by atoms with E-state index in [9.17, 15) is 9.50 Å². The van der Waals surface area contributed by atoms with Crippen molar-refractivity contribution in [1.29, 1.82) is 0 Å². The molecule has 0 fully saturated rings. The third-order valence-corrected chi connectivity index (χ3v) is 3.39. The Hall–Kier alpha value is -1.87. The standard InChI is InChI=1S/C17H20FNO/c1-12-7-9-14(10-8-12)11-19(3)17-15(13(2)20)5-4-6-16(17)18/h4-10,13,20H,11H2,1-3H3/t13-/m1/s1. The molecule has 2 aromatic rings. The second kappa shape index (κ2) is 6.06. The molecule has 0 aliphatic carbocycles. The quantitative estimate of drug-likeness (QED) is 0.915. The van der Waals surface area contributed by atoms with Crippen molar-refractivity contribution >= 4 is 5.69 Å². The number of aryl methyl sites for hydroxylation is 1. The predicted octanol–water partition coefficient (Wildman–Crippen LogP) is 3.82. The van der Waals surface area contributed by atoms with Gasteiger partial charge in [-0.3, -0.25) is 0 Å². The Balaban J connectivity index is 2.29. The molecule has 0 amide bonds. The van der Waals surface area contributed by atoms with Crippen LogP contribution < -0.4 is 4.90 Å². The molecule has 0 unspecified atom stereocenters. The van der Waals surface area contributed by atoms with Crippen LogP contribution in [0, 0.1) is 12.7 Å². The fourth-order valence-electron chi connectivity index (χ4n) is 2.32. The molecule has 2 rings (SSSR count). The van der Waals surface area contributed by atoms with Crippen molar-refractivity contribution in [2.75, 3.05) is 11.9 Å². The van der Waals surface area contributed by atoms with Crippen molar-refractivity contribution in [3.8, 4) is 0 Å². The van der Waals surface area contributed by atoms with Crippen LogP contribution in [0.4, 0.5) is 10.1 Å². The van der Waals surface area contributed by atoms with E-state index in [1.807, 2.05) is 43.1 Å². The lowest BCUT2D eigenvalue weighted by Gasteiger charge is -2.24. The molecule has 1 atom stereocenters. The van der Waals surface area contributed by atoms with Crippen LogP contribution in [-0.2, 0) is 6.54 Å². The van der Waals surface area contributed by atoms with Gasteiger partial charge in [0.15, 0.2) is 0 Å². The van der Waals surface area contributed by atoms with Gasteiger partial charge in [0, 0.05) is 19.2 Å². The van der Waals surface area contributed by atoms with E-state index < -0.39 is 6.10 Å². The van der Waals surface area contributed by atoms with Crippen LogP contribution in [-0.4, -0.2) is 12.2 Å². The van der Waals surface area contributed by atoms with Gasteiger partial charge in [-0.1, -0.05) is 42.0 Å². The number of para-hydroxylation sites is 1. The van der Waals surface area contributed by atoms with E-state index in [2.05, 4.69) is 0 Å². The first kappa shape index (κ1) is 14.5. The zero-order chi connectivity index (χ0) is 14.7. The van der Waals surface area contributed by atoms with E-state index in [0.29, 0.717) is 17.8 Å². The van der Waals surface area contributed by atoms with E-state index in [1.54, 1.807) is 19.1 Å². The highest BCUT2D eigenvalue weighted by Crippen LogP contribution is 2.29. The van der Waals surface area contributed by atoms with Crippen molar-refractivity contribution in [1.82, 2.24) is 0 Å². The summed E-state index contributed by atoms with van der Waals surface area (Å²) >= 11 is 0. The number of aliphatic hydroxyl groups is 1. The lowest BCUT2D eigenvalue weighted by molar-refractivity contribution is 0.199. The number of nitrogens with zero attached hydrogens (tertiary/aromatic N) is 1. The molecule has 0 aliphatic rings. The maximum Gasteiger partial charge on any atom is 0.146 e. The van der Waals surface area contributed by atoms with Gasteiger partial charge in [-0.25, -0.2) is 4.39 Å². The minimum atomic E-state index is -0.693. The number of hydrogen-bond donors (Lipinski definition) is 1. The van der Waals surface area contributed by atoms with Gasteiger partial charge < -0.3 is 10.0 Å². The summed E-state index contributed by atoms with van der Waals surface area (Å²) in [5.74, 6) is -0.307. The van der Waals surface area contributed by atoms with Crippen LogP contribution in [0.2, 0.25) is 0 Å². The summed E-state index contributed by atoms with van der Waals surface area (Å²) in [7, 11) is 1.84. The fraction of sp³-hybridized carbons (Fsp3) is 0.294. The van der Waals surface area contributed by atoms with Gasteiger partial charge in [0.1, 0.15) is 5.82 Å². The van der Waals surface area contributed by atoms with E-state index in [4.69, 9.17) is 0 Å². The smallest absolute Gasteiger partial charge is 0.146 e. The molecule has 0 saturated heterocycles. The largest absolute Gasteiger partial charge is 0.389 e. The first-order valence-corrected chi connectivity index (χ1v) is 6.72. The molecule has 20 heavy (non-hydrogen) atoms. The molecule has 0 spiro atoms. The Kier molecular flexibility index (Phi) is 4.40. The summed E-state index contributed by atoms with van der Waals surface area (Å²) in [6.07, 6.45) is -0.693. The van der Waals surface area contributed by atoms with E-state index in [1.165, 1.54) is 11.6 Å². The Morgan fingerprint density at radius 2 is 1.80 bits per heavy atom. The maximum atomic E-state index is 14.1. The molecule has 0 bridgehead atoms. The topological polar surface area (TPSA) is 23.5 Å². The monoisotopic (exact) mass is 273 g/mol. The molecule has 2 nitrogen and oxygen atoms in total. The Labute approximate surface area is 119 Å². The number of hydrogen-bond acceptors (Lipinski definition) is 2.